The molecule has 0 aliphatic heterocycles. The number of ether oxygens (including phenoxy) is 1. The van der Waals surface area contributed by atoms with Crippen LogP contribution in [0.15, 0.2) is 12.1 Å². The molecule has 0 saturated carbocycles. The summed E-state index contributed by atoms with van der Waals surface area (Å²) in [5, 5.41) is 10.2. The Morgan fingerprint density at radius 1 is 1.53 bits per heavy atom. The van der Waals surface area contributed by atoms with Crippen LogP contribution in [-0.4, -0.2) is 12.7 Å². The first-order valence-electron chi connectivity index (χ1n) is 5.04. The zero-order valence-electron chi connectivity index (χ0n) is 9.64. The monoisotopic (exact) mass is 292 g/mol. The van der Waals surface area contributed by atoms with Gasteiger partial charge >= 0.3 is 12.3 Å². The first kappa shape index (κ1) is 15.1. The van der Waals surface area contributed by atoms with Crippen LogP contribution in [0.2, 0.25) is 5.02 Å². The second-order valence-corrected chi connectivity index (χ2v) is 3.74. The summed E-state index contributed by atoms with van der Waals surface area (Å²) in [6, 6.07) is 3.07. The molecule has 0 aliphatic carbocycles. The highest BCUT2D eigenvalue weighted by Crippen LogP contribution is 2.37. The zero-order valence-corrected chi connectivity index (χ0v) is 10.4. The molecule has 0 aromatic heterocycles. The van der Waals surface area contributed by atoms with Crippen molar-refractivity contribution in [1.82, 2.24) is 0 Å². The molecular weight excluding hydrogens is 285 g/mol. The Kier molecular flexibility index (Phi) is 4.62. The summed E-state index contributed by atoms with van der Waals surface area (Å²) in [4.78, 5) is 11.2. The summed E-state index contributed by atoms with van der Waals surface area (Å²) in [6.07, 6.45) is -5.63. The first-order valence-corrected chi connectivity index (χ1v) is 5.42. The highest BCUT2D eigenvalue weighted by atomic mass is 35.5. The molecule has 1 N–H and O–H groups in total. The van der Waals surface area contributed by atoms with Gasteiger partial charge in [0.05, 0.1) is 28.4 Å². The van der Waals surface area contributed by atoms with E-state index in [4.69, 9.17) is 16.9 Å². The normalized spacial score (nSPS) is 10.7. The fourth-order valence-electron chi connectivity index (χ4n) is 1.26. The maximum Gasteiger partial charge on any atom is 0.417 e. The number of nitriles is 1. The fourth-order valence-corrected chi connectivity index (χ4v) is 1.53. The summed E-state index contributed by atoms with van der Waals surface area (Å²) in [6.45, 7) is 1.58. The average molecular weight is 293 g/mol. The minimum Gasteiger partial charge on any atom is -0.450 e. The third-order valence-electron chi connectivity index (χ3n) is 2.05. The van der Waals surface area contributed by atoms with Gasteiger partial charge in [-0.1, -0.05) is 11.6 Å². The van der Waals surface area contributed by atoms with Crippen molar-refractivity contribution in [3.8, 4) is 6.07 Å². The van der Waals surface area contributed by atoms with Crippen LogP contribution in [0.25, 0.3) is 0 Å². The Labute approximate surface area is 111 Å². The maximum absolute atomic E-state index is 12.6. The first-order chi connectivity index (χ1) is 8.79. The third kappa shape index (κ3) is 3.76. The minimum atomic E-state index is -4.68. The summed E-state index contributed by atoms with van der Waals surface area (Å²) >= 11 is 5.45. The Morgan fingerprint density at radius 2 is 2.16 bits per heavy atom. The average Bonchev–Trinajstić information content (AvgIpc) is 2.29. The second-order valence-electron chi connectivity index (χ2n) is 3.33. The van der Waals surface area contributed by atoms with Gasteiger partial charge in [0.2, 0.25) is 0 Å². The molecule has 0 atom stereocenters. The highest BCUT2D eigenvalue weighted by Gasteiger charge is 2.34. The molecule has 102 valence electrons. The predicted octanol–water partition coefficient (Wildman–Crippen LogP) is 3.80. The van der Waals surface area contributed by atoms with E-state index < -0.39 is 22.9 Å². The fraction of sp³-hybridized carbons (Fsp3) is 0.273. The molecule has 4 nitrogen and oxygen atoms in total. The molecule has 0 saturated heterocycles. The highest BCUT2D eigenvalue weighted by molar-refractivity contribution is 6.31. The van der Waals surface area contributed by atoms with Crippen molar-refractivity contribution >= 4 is 23.4 Å². The van der Waals surface area contributed by atoms with Gasteiger partial charge in [-0.15, -0.1) is 0 Å². The number of hydrogen-bond acceptors (Lipinski definition) is 3. The Hall–Kier alpha value is -1.94. The van der Waals surface area contributed by atoms with Crippen LogP contribution < -0.4 is 5.32 Å². The lowest BCUT2D eigenvalue weighted by molar-refractivity contribution is -0.137. The number of amides is 1. The van der Waals surface area contributed by atoms with E-state index in [0.29, 0.717) is 6.07 Å². The number of halogens is 4. The van der Waals surface area contributed by atoms with E-state index in [1.54, 1.807) is 6.07 Å². The quantitative estimate of drug-likeness (QED) is 0.902. The van der Waals surface area contributed by atoms with Crippen LogP contribution in [0, 0.1) is 11.3 Å². The van der Waals surface area contributed by atoms with Gasteiger partial charge in [0.1, 0.15) is 6.07 Å². The van der Waals surface area contributed by atoms with Crippen LogP contribution in [0.4, 0.5) is 23.7 Å². The molecule has 0 heterocycles. The van der Waals surface area contributed by atoms with Crippen molar-refractivity contribution in [2.45, 2.75) is 13.1 Å². The molecule has 0 spiro atoms. The summed E-state index contributed by atoms with van der Waals surface area (Å²) in [5.74, 6) is 0. The molecule has 0 fully saturated rings. The lowest BCUT2D eigenvalue weighted by atomic mass is 10.1. The van der Waals surface area contributed by atoms with Gasteiger partial charge in [-0.05, 0) is 19.1 Å². The SMILES string of the molecule is CCOC(=O)Nc1cc(C(F)(F)F)c(Cl)cc1C#N. The number of rotatable bonds is 2. The van der Waals surface area contributed by atoms with E-state index in [9.17, 15) is 18.0 Å². The maximum atomic E-state index is 12.6. The molecule has 0 aliphatic rings. The standard InChI is InChI=1S/C11H8ClF3N2O2/c1-2-19-10(18)17-9-4-7(11(13,14)15)8(12)3-6(9)5-16/h3-4H,2H2,1H3,(H,17,18). The number of carbonyl (C=O) groups excluding carboxylic acids is 1. The molecule has 19 heavy (non-hydrogen) atoms. The molecule has 1 rings (SSSR count). The van der Waals surface area contributed by atoms with Crippen LogP contribution in [0.5, 0.6) is 0 Å². The van der Waals surface area contributed by atoms with Gasteiger partial charge in [0.15, 0.2) is 0 Å². The van der Waals surface area contributed by atoms with Crippen LogP contribution >= 0.6 is 11.6 Å². The topological polar surface area (TPSA) is 62.1 Å². The van der Waals surface area contributed by atoms with Crippen LogP contribution in [0.1, 0.15) is 18.1 Å². The van der Waals surface area contributed by atoms with Crippen molar-refractivity contribution < 1.29 is 22.7 Å². The Bertz CT molecular complexity index is 538. The lowest BCUT2D eigenvalue weighted by Gasteiger charge is -2.13. The zero-order chi connectivity index (χ0) is 14.6. The number of benzene rings is 1. The predicted molar refractivity (Wildman–Crippen MR) is 61.8 cm³/mol. The van der Waals surface area contributed by atoms with E-state index in [1.807, 2.05) is 0 Å². The molecule has 1 aromatic carbocycles. The molecule has 8 heteroatoms. The van der Waals surface area contributed by atoms with Gasteiger partial charge < -0.3 is 4.74 Å². The van der Waals surface area contributed by atoms with Crippen LogP contribution in [-0.2, 0) is 10.9 Å². The van der Waals surface area contributed by atoms with E-state index in [2.05, 4.69) is 10.1 Å². The van der Waals surface area contributed by atoms with E-state index >= 15 is 0 Å². The van der Waals surface area contributed by atoms with E-state index in [1.165, 1.54) is 6.92 Å². The van der Waals surface area contributed by atoms with E-state index in [0.717, 1.165) is 6.07 Å². The van der Waals surface area contributed by atoms with Crippen molar-refractivity contribution in [3.63, 3.8) is 0 Å². The number of alkyl halides is 3. The Balaban J connectivity index is 3.23. The second kappa shape index (κ2) is 5.80. The molecule has 1 aromatic rings. The lowest BCUT2D eigenvalue weighted by Crippen LogP contribution is -2.15. The number of anilines is 1. The van der Waals surface area contributed by atoms with Crippen molar-refractivity contribution in [3.05, 3.63) is 28.3 Å². The third-order valence-corrected chi connectivity index (χ3v) is 2.36. The molecule has 1 amide bonds. The Morgan fingerprint density at radius 3 is 2.63 bits per heavy atom. The van der Waals surface area contributed by atoms with Gasteiger partial charge in [-0.2, -0.15) is 18.4 Å². The van der Waals surface area contributed by atoms with Gasteiger partial charge in [-0.3, -0.25) is 5.32 Å². The molecule has 0 unspecified atom stereocenters. The van der Waals surface area contributed by atoms with Crippen molar-refractivity contribution in [2.24, 2.45) is 0 Å². The molecular formula is C11H8ClF3N2O2. The summed E-state index contributed by atoms with van der Waals surface area (Å²) in [7, 11) is 0. The van der Waals surface area contributed by atoms with Gasteiger partial charge in [0.25, 0.3) is 0 Å². The summed E-state index contributed by atoms with van der Waals surface area (Å²) in [5.41, 5.74) is -1.64. The molecule has 0 bridgehead atoms. The summed E-state index contributed by atoms with van der Waals surface area (Å²) < 4.78 is 42.4. The number of nitrogens with one attached hydrogen (secondary N) is 1. The van der Waals surface area contributed by atoms with Crippen molar-refractivity contribution in [2.75, 3.05) is 11.9 Å². The number of hydrogen-bond donors (Lipinski definition) is 1. The number of carbonyl (C=O) groups is 1. The minimum absolute atomic E-state index is 0.0490. The van der Waals surface area contributed by atoms with Gasteiger partial charge in [-0.25, -0.2) is 4.79 Å². The van der Waals surface area contributed by atoms with Crippen LogP contribution in [0.3, 0.4) is 0 Å². The largest absolute Gasteiger partial charge is 0.450 e. The van der Waals surface area contributed by atoms with Gasteiger partial charge in [0, 0.05) is 0 Å². The van der Waals surface area contributed by atoms with E-state index in [-0.39, 0.29) is 17.9 Å². The van der Waals surface area contributed by atoms with Crippen molar-refractivity contribution in [1.29, 1.82) is 5.26 Å². The number of nitrogens with zero attached hydrogens (tertiary/aromatic N) is 1. The smallest absolute Gasteiger partial charge is 0.417 e. The molecule has 0 radical (unpaired) electrons.